The topological polar surface area (TPSA) is 91.7 Å². The molecule has 1 aliphatic heterocycles. The van der Waals surface area contributed by atoms with Crippen molar-refractivity contribution in [2.45, 2.75) is 25.9 Å². The first-order valence-electron chi connectivity index (χ1n) is 9.43. The van der Waals surface area contributed by atoms with E-state index in [1.165, 1.54) is 13.0 Å². The minimum atomic E-state index is -1.41. The Morgan fingerprint density at radius 2 is 1.97 bits per heavy atom. The van der Waals surface area contributed by atoms with Crippen molar-refractivity contribution >= 4 is 28.8 Å². The van der Waals surface area contributed by atoms with Crippen molar-refractivity contribution < 1.29 is 23.2 Å². The van der Waals surface area contributed by atoms with Gasteiger partial charge in [0.1, 0.15) is 23.7 Å². The number of carbonyl (C=O) groups excluding carboxylic acids is 3. The van der Waals surface area contributed by atoms with Crippen LogP contribution >= 0.6 is 0 Å². The highest BCUT2D eigenvalue weighted by atomic mass is 19.1. The highest BCUT2D eigenvalue weighted by Gasteiger charge is 2.51. The van der Waals surface area contributed by atoms with E-state index < -0.39 is 29.9 Å². The van der Waals surface area contributed by atoms with E-state index in [1.807, 2.05) is 18.2 Å². The lowest BCUT2D eigenvalue weighted by atomic mass is 9.99. The molecule has 0 aliphatic carbocycles. The van der Waals surface area contributed by atoms with Gasteiger partial charge in [-0.3, -0.25) is 14.5 Å². The number of carbonyl (C=O) groups is 3. The molecular formula is C22H20FN3O4. The van der Waals surface area contributed by atoms with Gasteiger partial charge in [0.05, 0.1) is 0 Å². The lowest BCUT2D eigenvalue weighted by Crippen LogP contribution is -2.43. The Kier molecular flexibility index (Phi) is 4.77. The molecular weight excluding hydrogens is 389 g/mol. The SMILES string of the molecule is Cc1ccc(CNC(=O)CN2C(=O)NC(C)(c3cc4ccccc4o3)C2=O)cc1F. The third-order valence-electron chi connectivity index (χ3n) is 5.22. The lowest BCUT2D eigenvalue weighted by Gasteiger charge is -2.18. The Labute approximate surface area is 171 Å². The van der Waals surface area contributed by atoms with Crippen LogP contribution in [0.3, 0.4) is 0 Å². The molecule has 2 N–H and O–H groups in total. The maximum absolute atomic E-state index is 13.6. The molecule has 1 atom stereocenters. The normalized spacial score (nSPS) is 18.7. The Hall–Kier alpha value is -3.68. The summed E-state index contributed by atoms with van der Waals surface area (Å²) >= 11 is 0. The maximum atomic E-state index is 13.6. The van der Waals surface area contributed by atoms with Gasteiger partial charge in [-0.1, -0.05) is 30.3 Å². The number of furan rings is 1. The van der Waals surface area contributed by atoms with Crippen molar-refractivity contribution in [3.8, 4) is 0 Å². The van der Waals surface area contributed by atoms with Gasteiger partial charge >= 0.3 is 6.03 Å². The summed E-state index contributed by atoms with van der Waals surface area (Å²) in [6.07, 6.45) is 0. The summed E-state index contributed by atoms with van der Waals surface area (Å²) in [5.74, 6) is -1.19. The number of benzene rings is 2. The van der Waals surface area contributed by atoms with Crippen LogP contribution in [-0.2, 0) is 21.7 Å². The summed E-state index contributed by atoms with van der Waals surface area (Å²) in [6.45, 7) is 2.82. The van der Waals surface area contributed by atoms with Crippen LogP contribution in [0.15, 0.2) is 52.9 Å². The van der Waals surface area contributed by atoms with E-state index >= 15 is 0 Å². The smallest absolute Gasteiger partial charge is 0.325 e. The summed E-state index contributed by atoms with van der Waals surface area (Å²) < 4.78 is 19.4. The van der Waals surface area contributed by atoms with Crippen LogP contribution in [0.25, 0.3) is 11.0 Å². The molecule has 7 nitrogen and oxygen atoms in total. The van der Waals surface area contributed by atoms with Crippen LogP contribution in [0, 0.1) is 12.7 Å². The predicted octanol–water partition coefficient (Wildman–Crippen LogP) is 2.96. The number of hydrogen-bond acceptors (Lipinski definition) is 4. The molecule has 0 radical (unpaired) electrons. The van der Waals surface area contributed by atoms with Gasteiger partial charge < -0.3 is 15.1 Å². The highest BCUT2D eigenvalue weighted by molar-refractivity contribution is 6.09. The van der Waals surface area contributed by atoms with E-state index in [0.29, 0.717) is 22.5 Å². The summed E-state index contributed by atoms with van der Waals surface area (Å²) in [5, 5.41) is 6.02. The second kappa shape index (κ2) is 7.29. The molecule has 0 saturated carbocycles. The third kappa shape index (κ3) is 3.41. The van der Waals surface area contributed by atoms with Gasteiger partial charge in [-0.15, -0.1) is 0 Å². The summed E-state index contributed by atoms with van der Waals surface area (Å²) in [6, 6.07) is 12.9. The van der Waals surface area contributed by atoms with E-state index in [9.17, 15) is 18.8 Å². The molecule has 30 heavy (non-hydrogen) atoms. The van der Waals surface area contributed by atoms with Gasteiger partial charge in [-0.25, -0.2) is 9.18 Å². The number of fused-ring (bicyclic) bond motifs is 1. The van der Waals surface area contributed by atoms with Crippen molar-refractivity contribution in [2.75, 3.05) is 6.54 Å². The van der Waals surface area contributed by atoms with Crippen LogP contribution in [0.1, 0.15) is 23.8 Å². The molecule has 8 heteroatoms. The Morgan fingerprint density at radius 1 is 1.20 bits per heavy atom. The van der Waals surface area contributed by atoms with Crippen LogP contribution in [0.2, 0.25) is 0 Å². The zero-order chi connectivity index (χ0) is 21.5. The second-order valence-electron chi connectivity index (χ2n) is 7.46. The number of aryl methyl sites for hydroxylation is 1. The van der Waals surface area contributed by atoms with Crippen molar-refractivity contribution in [3.63, 3.8) is 0 Å². The van der Waals surface area contributed by atoms with Gasteiger partial charge in [0, 0.05) is 11.9 Å². The Bertz CT molecular complexity index is 1140. The molecule has 4 amide bonds. The van der Waals surface area contributed by atoms with Gasteiger partial charge in [0.15, 0.2) is 5.54 Å². The molecule has 3 aromatic rings. The largest absolute Gasteiger partial charge is 0.458 e. The zero-order valence-electron chi connectivity index (χ0n) is 16.5. The molecule has 1 aromatic heterocycles. The number of hydrogen-bond donors (Lipinski definition) is 2. The first-order valence-corrected chi connectivity index (χ1v) is 9.43. The Balaban J connectivity index is 1.45. The third-order valence-corrected chi connectivity index (χ3v) is 5.22. The summed E-state index contributed by atoms with van der Waals surface area (Å²) in [4.78, 5) is 38.5. The molecule has 2 heterocycles. The minimum absolute atomic E-state index is 0.0839. The molecule has 1 fully saturated rings. The molecule has 1 aliphatic rings. The summed E-state index contributed by atoms with van der Waals surface area (Å²) in [5.41, 5.74) is 0.276. The van der Waals surface area contributed by atoms with Crippen LogP contribution in [-0.4, -0.2) is 29.3 Å². The van der Waals surface area contributed by atoms with Gasteiger partial charge in [0.25, 0.3) is 5.91 Å². The van der Waals surface area contributed by atoms with Gasteiger partial charge in [-0.2, -0.15) is 0 Å². The van der Waals surface area contributed by atoms with E-state index in [-0.39, 0.29) is 12.4 Å². The number of imide groups is 1. The van der Waals surface area contributed by atoms with Crippen LogP contribution in [0.4, 0.5) is 9.18 Å². The average molecular weight is 409 g/mol. The fourth-order valence-electron chi connectivity index (χ4n) is 3.38. The highest BCUT2D eigenvalue weighted by Crippen LogP contribution is 2.32. The first-order chi connectivity index (χ1) is 14.3. The molecule has 154 valence electrons. The zero-order valence-corrected chi connectivity index (χ0v) is 16.5. The molecule has 0 spiro atoms. The van der Waals surface area contributed by atoms with Crippen LogP contribution in [0.5, 0.6) is 0 Å². The Morgan fingerprint density at radius 3 is 2.70 bits per heavy atom. The average Bonchev–Trinajstić information content (AvgIpc) is 3.25. The van der Waals surface area contributed by atoms with E-state index in [0.717, 1.165) is 10.3 Å². The van der Waals surface area contributed by atoms with Gasteiger partial charge in [0.2, 0.25) is 5.91 Å². The number of urea groups is 1. The molecule has 4 rings (SSSR count). The number of amides is 4. The number of nitrogens with zero attached hydrogens (tertiary/aromatic N) is 1. The summed E-state index contributed by atoms with van der Waals surface area (Å²) in [7, 11) is 0. The quantitative estimate of drug-likeness (QED) is 0.634. The molecule has 2 aromatic carbocycles. The van der Waals surface area contributed by atoms with Crippen molar-refractivity contribution in [2.24, 2.45) is 0 Å². The lowest BCUT2D eigenvalue weighted by molar-refractivity contribution is -0.135. The fraction of sp³-hybridized carbons (Fsp3) is 0.227. The van der Waals surface area contributed by atoms with Gasteiger partial charge in [-0.05, 0) is 43.2 Å². The number of para-hydroxylation sites is 1. The first kappa shape index (κ1) is 19.6. The fourth-order valence-corrected chi connectivity index (χ4v) is 3.38. The maximum Gasteiger partial charge on any atom is 0.325 e. The number of nitrogens with one attached hydrogen (secondary N) is 2. The molecule has 0 bridgehead atoms. The predicted molar refractivity (Wildman–Crippen MR) is 107 cm³/mol. The van der Waals surface area contributed by atoms with E-state index in [4.69, 9.17) is 4.42 Å². The monoisotopic (exact) mass is 409 g/mol. The van der Waals surface area contributed by atoms with E-state index in [2.05, 4.69) is 10.6 Å². The van der Waals surface area contributed by atoms with Crippen LogP contribution < -0.4 is 10.6 Å². The van der Waals surface area contributed by atoms with Crippen molar-refractivity contribution in [1.82, 2.24) is 15.5 Å². The molecule has 1 saturated heterocycles. The minimum Gasteiger partial charge on any atom is -0.458 e. The molecule has 1 unspecified atom stereocenters. The standard InChI is InChI=1S/C22H20FN3O4/c1-13-7-8-14(9-16(13)23)11-24-19(27)12-26-20(28)22(2,25-21(26)29)18-10-15-5-3-4-6-17(15)30-18/h3-10H,11-12H2,1-2H3,(H,24,27)(H,25,29). The number of halogens is 1. The number of rotatable bonds is 5. The second-order valence-corrected chi connectivity index (χ2v) is 7.46. The van der Waals surface area contributed by atoms with E-state index in [1.54, 1.807) is 31.2 Å². The van der Waals surface area contributed by atoms with Crippen molar-refractivity contribution in [3.05, 3.63) is 71.2 Å². The van der Waals surface area contributed by atoms with Crippen molar-refractivity contribution in [1.29, 1.82) is 0 Å².